The van der Waals surface area contributed by atoms with Crippen LogP contribution in [0.4, 0.5) is 0 Å². The van der Waals surface area contributed by atoms with Gasteiger partial charge in [0.25, 0.3) is 0 Å². The predicted molar refractivity (Wildman–Crippen MR) is 106 cm³/mol. The Morgan fingerprint density at radius 2 is 1.56 bits per heavy atom. The van der Waals surface area contributed by atoms with Gasteiger partial charge in [-0.2, -0.15) is 0 Å². The molecule has 1 atom stereocenters. The summed E-state index contributed by atoms with van der Waals surface area (Å²) in [7, 11) is 0. The van der Waals surface area contributed by atoms with Crippen molar-refractivity contribution in [2.24, 2.45) is 0 Å². The van der Waals surface area contributed by atoms with Crippen molar-refractivity contribution in [3.8, 4) is 0 Å². The molecule has 1 aliphatic heterocycles. The Labute approximate surface area is 160 Å². The summed E-state index contributed by atoms with van der Waals surface area (Å²) in [5.41, 5.74) is 2.34. The van der Waals surface area contributed by atoms with E-state index in [-0.39, 0.29) is 5.78 Å². The number of carbonyl (C=O) groups excluding carboxylic acids is 1. The highest BCUT2D eigenvalue weighted by Crippen LogP contribution is 2.44. The lowest BCUT2D eigenvalue weighted by Gasteiger charge is -2.37. The molecule has 27 heavy (non-hydrogen) atoms. The molecule has 4 rings (SSSR count). The van der Waals surface area contributed by atoms with Gasteiger partial charge in [-0.25, -0.2) is 0 Å². The molecule has 2 aromatic rings. The Morgan fingerprint density at radius 3 is 2.19 bits per heavy atom. The summed E-state index contributed by atoms with van der Waals surface area (Å²) < 4.78 is 12.1. The normalized spacial score (nSPS) is 26.8. The van der Waals surface area contributed by atoms with Crippen LogP contribution in [0.15, 0.2) is 79.4 Å². The standard InChI is InChI=1S/C24H24O3/c1-2-23(20-11-7-4-8-12-20)15-13-21(19-9-5-3-6-10-19)24(16-14-22(23)25)26-17-18-27-24/h2-13H,1,14-18H2/b21-13-/t23-/m1/s1. The fourth-order valence-corrected chi connectivity index (χ4v) is 4.21. The summed E-state index contributed by atoms with van der Waals surface area (Å²) in [5, 5.41) is 0. The highest BCUT2D eigenvalue weighted by molar-refractivity contribution is 5.93. The van der Waals surface area contributed by atoms with E-state index in [4.69, 9.17) is 9.47 Å². The lowest BCUT2D eigenvalue weighted by Crippen LogP contribution is -2.40. The van der Waals surface area contributed by atoms with Crippen LogP contribution in [0.3, 0.4) is 0 Å². The zero-order valence-electron chi connectivity index (χ0n) is 15.4. The summed E-state index contributed by atoms with van der Waals surface area (Å²) in [6, 6.07) is 20.1. The lowest BCUT2D eigenvalue weighted by atomic mass is 9.70. The molecule has 138 valence electrons. The van der Waals surface area contributed by atoms with Crippen LogP contribution in [0.25, 0.3) is 5.57 Å². The van der Waals surface area contributed by atoms with E-state index < -0.39 is 11.2 Å². The average Bonchev–Trinajstić information content (AvgIpc) is 3.20. The molecule has 0 radical (unpaired) electrons. The van der Waals surface area contributed by atoms with Crippen molar-refractivity contribution < 1.29 is 14.3 Å². The van der Waals surface area contributed by atoms with Gasteiger partial charge in [-0.3, -0.25) is 4.79 Å². The molecule has 3 heteroatoms. The van der Waals surface area contributed by atoms with Crippen molar-refractivity contribution in [2.75, 3.05) is 13.2 Å². The second-order valence-electron chi connectivity index (χ2n) is 7.10. The number of Topliss-reactive ketones (excluding diaryl/α,β-unsaturated/α-hetero) is 1. The van der Waals surface area contributed by atoms with E-state index in [1.807, 2.05) is 48.5 Å². The third-order valence-corrected chi connectivity index (χ3v) is 5.69. The summed E-state index contributed by atoms with van der Waals surface area (Å²) >= 11 is 0. The molecule has 0 N–H and O–H groups in total. The first-order chi connectivity index (χ1) is 13.2. The SMILES string of the molecule is C=C[C@]1(c2ccccc2)C/C=C(/c2ccccc2)C2(CCC1=O)OCCO2. The quantitative estimate of drug-likeness (QED) is 0.745. The Bertz CT molecular complexity index is 848. The summed E-state index contributed by atoms with van der Waals surface area (Å²) in [5.74, 6) is -0.674. The van der Waals surface area contributed by atoms with Gasteiger partial charge in [0.15, 0.2) is 5.79 Å². The van der Waals surface area contributed by atoms with Gasteiger partial charge >= 0.3 is 0 Å². The van der Waals surface area contributed by atoms with E-state index in [1.54, 1.807) is 6.08 Å². The Hall–Kier alpha value is -2.49. The molecule has 0 aromatic heterocycles. The molecule has 2 aliphatic rings. The fourth-order valence-electron chi connectivity index (χ4n) is 4.21. The van der Waals surface area contributed by atoms with Gasteiger partial charge in [-0.1, -0.05) is 72.8 Å². The Kier molecular flexibility index (Phi) is 4.81. The van der Waals surface area contributed by atoms with Crippen molar-refractivity contribution >= 4 is 11.4 Å². The number of hydrogen-bond donors (Lipinski definition) is 0. The second-order valence-corrected chi connectivity index (χ2v) is 7.10. The van der Waals surface area contributed by atoms with Crippen LogP contribution in [0.5, 0.6) is 0 Å². The molecule has 3 nitrogen and oxygen atoms in total. The molecule has 0 saturated carbocycles. The molecule has 1 spiro atoms. The first-order valence-electron chi connectivity index (χ1n) is 9.47. The van der Waals surface area contributed by atoms with Crippen molar-refractivity contribution in [3.05, 3.63) is 90.5 Å². The number of ether oxygens (including phenoxy) is 2. The van der Waals surface area contributed by atoms with E-state index >= 15 is 0 Å². The van der Waals surface area contributed by atoms with Gasteiger partial charge in [0.2, 0.25) is 0 Å². The first kappa shape index (κ1) is 17.9. The minimum absolute atomic E-state index is 0.158. The van der Waals surface area contributed by atoms with Gasteiger partial charge < -0.3 is 9.47 Å². The number of ketones is 1. The van der Waals surface area contributed by atoms with Gasteiger partial charge in [-0.15, -0.1) is 6.58 Å². The molecule has 0 unspecified atom stereocenters. The lowest BCUT2D eigenvalue weighted by molar-refractivity contribution is -0.133. The topological polar surface area (TPSA) is 35.5 Å². The molecule has 2 aromatic carbocycles. The van der Waals surface area contributed by atoms with Gasteiger partial charge in [0.1, 0.15) is 5.78 Å². The highest BCUT2D eigenvalue weighted by atomic mass is 16.7. The van der Waals surface area contributed by atoms with Crippen LogP contribution in [-0.2, 0) is 19.7 Å². The van der Waals surface area contributed by atoms with Crippen LogP contribution < -0.4 is 0 Å². The number of hydrogen-bond acceptors (Lipinski definition) is 3. The van der Waals surface area contributed by atoms with Crippen molar-refractivity contribution in [3.63, 3.8) is 0 Å². The van der Waals surface area contributed by atoms with Gasteiger partial charge in [-0.05, 0) is 17.5 Å². The van der Waals surface area contributed by atoms with E-state index in [0.717, 1.165) is 16.7 Å². The number of rotatable bonds is 3. The largest absolute Gasteiger partial charge is 0.343 e. The third kappa shape index (κ3) is 3.07. The number of benzene rings is 2. The van der Waals surface area contributed by atoms with Crippen LogP contribution in [0.1, 0.15) is 30.4 Å². The third-order valence-electron chi connectivity index (χ3n) is 5.69. The minimum Gasteiger partial charge on any atom is -0.343 e. The van der Waals surface area contributed by atoms with Gasteiger partial charge in [0, 0.05) is 18.4 Å². The smallest absolute Gasteiger partial charge is 0.195 e. The monoisotopic (exact) mass is 360 g/mol. The van der Waals surface area contributed by atoms with Crippen LogP contribution in [0, 0.1) is 0 Å². The van der Waals surface area contributed by atoms with Crippen LogP contribution in [0.2, 0.25) is 0 Å². The molecule has 1 aliphatic carbocycles. The molecule has 1 heterocycles. The van der Waals surface area contributed by atoms with Crippen molar-refractivity contribution in [1.29, 1.82) is 0 Å². The van der Waals surface area contributed by atoms with Crippen molar-refractivity contribution in [1.82, 2.24) is 0 Å². The summed E-state index contributed by atoms with van der Waals surface area (Å²) in [6.45, 7) is 5.12. The summed E-state index contributed by atoms with van der Waals surface area (Å²) in [4.78, 5) is 13.3. The van der Waals surface area contributed by atoms with Gasteiger partial charge in [0.05, 0.1) is 18.6 Å². The molecule has 0 bridgehead atoms. The first-order valence-corrected chi connectivity index (χ1v) is 9.47. The zero-order valence-corrected chi connectivity index (χ0v) is 15.4. The van der Waals surface area contributed by atoms with E-state index in [9.17, 15) is 4.79 Å². The van der Waals surface area contributed by atoms with Crippen molar-refractivity contribution in [2.45, 2.75) is 30.5 Å². The predicted octanol–water partition coefficient (Wildman–Crippen LogP) is 4.69. The van der Waals surface area contributed by atoms with E-state index in [2.05, 4.69) is 24.8 Å². The van der Waals surface area contributed by atoms with E-state index in [0.29, 0.717) is 32.5 Å². The molecular formula is C24H24O3. The average molecular weight is 360 g/mol. The maximum Gasteiger partial charge on any atom is 0.195 e. The maximum absolute atomic E-state index is 13.3. The number of carbonyl (C=O) groups is 1. The van der Waals surface area contributed by atoms with Crippen LogP contribution in [-0.4, -0.2) is 24.8 Å². The molecular weight excluding hydrogens is 336 g/mol. The second kappa shape index (κ2) is 7.26. The molecule has 1 saturated heterocycles. The molecule has 1 fully saturated rings. The fraction of sp³-hybridized carbons (Fsp3) is 0.292. The highest BCUT2D eigenvalue weighted by Gasteiger charge is 2.46. The molecule has 0 amide bonds. The maximum atomic E-state index is 13.3. The number of allylic oxidation sites excluding steroid dienone is 2. The minimum atomic E-state index is -0.832. The Balaban J connectivity index is 1.84. The zero-order chi connectivity index (χ0) is 18.7. The Morgan fingerprint density at radius 1 is 0.926 bits per heavy atom. The van der Waals surface area contributed by atoms with Crippen LogP contribution >= 0.6 is 0 Å². The summed E-state index contributed by atoms with van der Waals surface area (Å²) in [6.07, 6.45) is 5.35. The van der Waals surface area contributed by atoms with E-state index in [1.165, 1.54) is 0 Å².